The van der Waals surface area contributed by atoms with Gasteiger partial charge in [-0.3, -0.25) is 14.5 Å². The number of carbonyl (C=O) groups is 1. The summed E-state index contributed by atoms with van der Waals surface area (Å²) >= 11 is 0. The van der Waals surface area contributed by atoms with Crippen LogP contribution in [-0.2, 0) is 6.54 Å². The van der Waals surface area contributed by atoms with Gasteiger partial charge in [-0.1, -0.05) is 13.3 Å². The Morgan fingerprint density at radius 3 is 2.83 bits per heavy atom. The molecule has 36 heavy (non-hydrogen) atoms. The predicted octanol–water partition coefficient (Wildman–Crippen LogP) is 3.68. The van der Waals surface area contributed by atoms with E-state index >= 15 is 0 Å². The molecule has 3 unspecified atom stereocenters. The monoisotopic (exact) mass is 496 g/mol. The minimum absolute atomic E-state index is 0.0534. The van der Waals surface area contributed by atoms with E-state index in [0.717, 1.165) is 36.9 Å². The number of fused-ring (bicyclic) bond motifs is 1. The van der Waals surface area contributed by atoms with Crippen LogP contribution in [0.25, 0.3) is 0 Å². The summed E-state index contributed by atoms with van der Waals surface area (Å²) < 4.78 is 34.2. The van der Waals surface area contributed by atoms with Gasteiger partial charge in [0, 0.05) is 37.0 Å². The van der Waals surface area contributed by atoms with E-state index in [1.807, 2.05) is 23.2 Å². The van der Waals surface area contributed by atoms with Gasteiger partial charge in [0.05, 0.1) is 49.0 Å². The number of rotatable bonds is 8. The van der Waals surface area contributed by atoms with Crippen molar-refractivity contribution < 1.29 is 18.3 Å². The lowest BCUT2D eigenvalue weighted by Crippen LogP contribution is -2.34. The lowest BCUT2D eigenvalue weighted by Gasteiger charge is -2.22. The van der Waals surface area contributed by atoms with Gasteiger partial charge in [0.1, 0.15) is 5.82 Å². The molecule has 4 atom stereocenters. The molecule has 6 rings (SSSR count). The molecule has 4 aliphatic rings. The highest BCUT2D eigenvalue weighted by molar-refractivity contribution is 5.94. The average molecular weight is 497 g/mol. The van der Waals surface area contributed by atoms with Crippen molar-refractivity contribution in [2.45, 2.75) is 51.1 Å². The van der Waals surface area contributed by atoms with Crippen molar-refractivity contribution in [3.05, 3.63) is 46.9 Å². The molecule has 2 aliphatic heterocycles. The second-order valence-electron chi connectivity index (χ2n) is 10.2. The van der Waals surface area contributed by atoms with Crippen LogP contribution in [0.3, 0.4) is 0 Å². The molecule has 4 heterocycles. The summed E-state index contributed by atoms with van der Waals surface area (Å²) in [6.07, 6.45) is 9.37. The van der Waals surface area contributed by atoms with Gasteiger partial charge in [-0.25, -0.2) is 8.78 Å². The van der Waals surface area contributed by atoms with Crippen molar-refractivity contribution in [2.75, 3.05) is 25.1 Å². The van der Waals surface area contributed by atoms with Crippen LogP contribution in [0.15, 0.2) is 40.8 Å². The highest BCUT2D eigenvalue weighted by Crippen LogP contribution is 2.59. The molecule has 8 nitrogen and oxygen atoms in total. The van der Waals surface area contributed by atoms with E-state index in [4.69, 9.17) is 4.74 Å². The third-order valence-corrected chi connectivity index (χ3v) is 7.98. The van der Waals surface area contributed by atoms with Crippen molar-refractivity contribution in [2.24, 2.45) is 22.7 Å². The maximum atomic E-state index is 13.5. The number of pyridine rings is 1. The Morgan fingerprint density at radius 1 is 1.28 bits per heavy atom. The molecule has 2 aliphatic carbocycles. The normalized spacial score (nSPS) is 27.4. The topological polar surface area (TPSA) is 84.6 Å². The molecule has 2 fully saturated rings. The Hall–Kier alpha value is -3.30. The van der Waals surface area contributed by atoms with Crippen LogP contribution in [-0.4, -0.2) is 59.0 Å². The fraction of sp³-hybridized carbons (Fsp3) is 0.538. The molecular formula is C26H30F2N6O2. The number of aliphatic imine (C=N–C) groups is 1. The second kappa shape index (κ2) is 8.67. The number of nitrogens with zero attached hydrogens (tertiary/aromatic N) is 5. The highest BCUT2D eigenvalue weighted by atomic mass is 19.3. The van der Waals surface area contributed by atoms with Gasteiger partial charge >= 0.3 is 0 Å². The molecule has 1 N–H and O–H groups in total. The molecule has 2 aromatic heterocycles. The van der Waals surface area contributed by atoms with Crippen molar-refractivity contribution in [3.8, 4) is 5.88 Å². The largest absolute Gasteiger partial charge is 0.481 e. The van der Waals surface area contributed by atoms with Crippen LogP contribution < -0.4 is 15.0 Å². The van der Waals surface area contributed by atoms with Gasteiger partial charge in [-0.15, -0.1) is 0 Å². The minimum Gasteiger partial charge on any atom is -0.481 e. The summed E-state index contributed by atoms with van der Waals surface area (Å²) in [7, 11) is 1.54. The van der Waals surface area contributed by atoms with Crippen LogP contribution in [0.5, 0.6) is 5.88 Å². The Labute approximate surface area is 208 Å². The summed E-state index contributed by atoms with van der Waals surface area (Å²) in [6.45, 7) is 3.18. The smallest absolute Gasteiger partial charge is 0.258 e. The summed E-state index contributed by atoms with van der Waals surface area (Å²) in [5.41, 5.74) is 3.68. The predicted molar refractivity (Wildman–Crippen MR) is 131 cm³/mol. The minimum atomic E-state index is -2.52. The van der Waals surface area contributed by atoms with Crippen molar-refractivity contribution in [3.63, 3.8) is 0 Å². The third-order valence-electron chi connectivity index (χ3n) is 7.98. The number of methoxy groups -OCH3 is 1. The number of allylic oxidation sites excluding steroid dienone is 1. The molecule has 190 valence electrons. The molecule has 1 saturated carbocycles. The first-order valence-corrected chi connectivity index (χ1v) is 12.7. The molecule has 2 aromatic rings. The van der Waals surface area contributed by atoms with E-state index in [1.165, 1.54) is 12.7 Å². The number of ether oxygens (including phenoxy) is 1. The van der Waals surface area contributed by atoms with Gasteiger partial charge in [0.15, 0.2) is 0 Å². The number of hydrogen-bond acceptors (Lipinski definition) is 6. The number of carbonyl (C=O) groups excluding carboxylic acids is 1. The number of anilines is 1. The molecule has 1 saturated heterocycles. The first-order chi connectivity index (χ1) is 17.4. The summed E-state index contributed by atoms with van der Waals surface area (Å²) in [6, 6.07) is 3.65. The Bertz CT molecular complexity index is 1240. The third kappa shape index (κ3) is 3.87. The fourth-order valence-electron chi connectivity index (χ4n) is 5.91. The van der Waals surface area contributed by atoms with Gasteiger partial charge < -0.3 is 15.0 Å². The van der Waals surface area contributed by atoms with Crippen molar-refractivity contribution >= 4 is 17.9 Å². The van der Waals surface area contributed by atoms with E-state index in [2.05, 4.69) is 27.3 Å². The van der Waals surface area contributed by atoms with Crippen LogP contribution in [0.4, 0.5) is 14.6 Å². The maximum absolute atomic E-state index is 13.5. The van der Waals surface area contributed by atoms with Crippen molar-refractivity contribution in [1.82, 2.24) is 20.1 Å². The lowest BCUT2D eigenvalue weighted by atomic mass is 9.96. The van der Waals surface area contributed by atoms with Gasteiger partial charge in [0.2, 0.25) is 5.88 Å². The molecule has 10 heteroatoms. The van der Waals surface area contributed by atoms with E-state index in [1.54, 1.807) is 17.1 Å². The number of nitrogens with one attached hydrogen (secondary N) is 1. The van der Waals surface area contributed by atoms with Gasteiger partial charge in [-0.05, 0) is 37.0 Å². The number of alkyl halides is 2. The standard InChI is InChI=1S/C26H30F2N6O2/c1-3-4-15-9-29-23-18(15)6-7-21(23)31-24(35)17-10-30-34(12-17)11-16-5-8-22(32-25(16)36-2)33-13-19-20(14-33)26(19,27)28/h5,8-10,12,15,19-21H,3-4,6-7,11,13-14H2,1-2H3,(H,31,35)/t15?,19?,20?,21-/m1/s1. The number of halogens is 2. The quantitative estimate of drug-likeness (QED) is 0.603. The summed E-state index contributed by atoms with van der Waals surface area (Å²) in [5.74, 6) is -2.34. The SMILES string of the molecule is CCCC1C=NC2=C1CC[C@H]2NC(=O)c1cnn(Cc2ccc(N3CC4C(C3)C4(F)F)nc2OC)c1. The molecule has 0 spiro atoms. The second-order valence-corrected chi connectivity index (χ2v) is 10.2. The number of hydrogen-bond donors (Lipinski definition) is 1. The summed E-state index contributed by atoms with van der Waals surface area (Å²) in [4.78, 5) is 24.0. The Balaban J connectivity index is 1.10. The molecular weight excluding hydrogens is 466 g/mol. The molecule has 0 bridgehead atoms. The van der Waals surface area contributed by atoms with E-state index in [0.29, 0.717) is 42.8 Å². The Morgan fingerprint density at radius 2 is 2.08 bits per heavy atom. The number of piperidine rings is 1. The van der Waals surface area contributed by atoms with E-state index in [-0.39, 0.29) is 11.9 Å². The van der Waals surface area contributed by atoms with Crippen LogP contribution >= 0.6 is 0 Å². The zero-order chi connectivity index (χ0) is 25.0. The number of amides is 1. The van der Waals surface area contributed by atoms with Gasteiger partial charge in [-0.2, -0.15) is 10.1 Å². The van der Waals surface area contributed by atoms with Crippen LogP contribution in [0, 0.1) is 17.8 Å². The van der Waals surface area contributed by atoms with Crippen molar-refractivity contribution in [1.29, 1.82) is 0 Å². The fourth-order valence-corrected chi connectivity index (χ4v) is 5.91. The van der Waals surface area contributed by atoms with Crippen LogP contribution in [0.2, 0.25) is 0 Å². The lowest BCUT2D eigenvalue weighted by molar-refractivity contribution is 0.0796. The average Bonchev–Trinajstić information content (AvgIpc) is 3.51. The summed E-state index contributed by atoms with van der Waals surface area (Å²) in [5, 5.41) is 7.47. The first-order valence-electron chi connectivity index (χ1n) is 12.7. The van der Waals surface area contributed by atoms with E-state index < -0.39 is 17.8 Å². The molecule has 0 aromatic carbocycles. The highest BCUT2D eigenvalue weighted by Gasteiger charge is 2.71. The zero-order valence-electron chi connectivity index (χ0n) is 20.5. The maximum Gasteiger partial charge on any atom is 0.258 e. The molecule has 0 radical (unpaired) electrons. The number of aromatic nitrogens is 3. The van der Waals surface area contributed by atoms with E-state index in [9.17, 15) is 13.6 Å². The Kier molecular flexibility index (Phi) is 5.57. The first kappa shape index (κ1) is 23.1. The van der Waals surface area contributed by atoms with Gasteiger partial charge in [0.25, 0.3) is 11.8 Å². The molecule has 1 amide bonds. The zero-order valence-corrected chi connectivity index (χ0v) is 20.5. The van der Waals surface area contributed by atoms with Crippen LogP contribution in [0.1, 0.15) is 48.5 Å².